The fraction of sp³-hybridized carbons (Fsp3) is 0.389. The zero-order valence-corrected chi connectivity index (χ0v) is 15.0. The van der Waals surface area contributed by atoms with Crippen molar-refractivity contribution in [3.63, 3.8) is 0 Å². The van der Waals surface area contributed by atoms with Crippen molar-refractivity contribution in [2.45, 2.75) is 43.2 Å². The zero-order chi connectivity index (χ0) is 17.7. The SMILES string of the molecule is COc1ccc(S(=O)(=O)NCc2ccnc(OC3CCCC3)c2)cc1. The van der Waals surface area contributed by atoms with Crippen molar-refractivity contribution in [3.8, 4) is 11.6 Å². The van der Waals surface area contributed by atoms with Crippen LogP contribution in [0.2, 0.25) is 0 Å². The van der Waals surface area contributed by atoms with E-state index in [9.17, 15) is 8.42 Å². The Morgan fingerprint density at radius 2 is 1.88 bits per heavy atom. The van der Waals surface area contributed by atoms with E-state index in [0.717, 1.165) is 18.4 Å². The van der Waals surface area contributed by atoms with Crippen LogP contribution in [-0.2, 0) is 16.6 Å². The van der Waals surface area contributed by atoms with Gasteiger partial charge >= 0.3 is 0 Å². The number of hydrogen-bond acceptors (Lipinski definition) is 5. The minimum Gasteiger partial charge on any atom is -0.497 e. The predicted octanol–water partition coefficient (Wildman–Crippen LogP) is 2.89. The lowest BCUT2D eigenvalue weighted by Gasteiger charge is -2.13. The number of rotatable bonds is 7. The summed E-state index contributed by atoms with van der Waals surface area (Å²) in [6.07, 6.45) is 6.34. The molecule has 3 rings (SSSR count). The highest BCUT2D eigenvalue weighted by Gasteiger charge is 2.17. The molecule has 1 N–H and O–H groups in total. The molecule has 7 heteroatoms. The molecule has 1 heterocycles. The fourth-order valence-corrected chi connectivity index (χ4v) is 3.84. The van der Waals surface area contributed by atoms with E-state index in [-0.39, 0.29) is 17.5 Å². The molecular weight excluding hydrogens is 340 g/mol. The number of nitrogens with zero attached hydrogens (tertiary/aromatic N) is 1. The van der Waals surface area contributed by atoms with Gasteiger partial charge in [0.2, 0.25) is 15.9 Å². The van der Waals surface area contributed by atoms with Crippen molar-refractivity contribution in [1.82, 2.24) is 9.71 Å². The number of pyridine rings is 1. The molecule has 2 aromatic rings. The molecule has 6 nitrogen and oxygen atoms in total. The second-order valence-corrected chi connectivity index (χ2v) is 7.79. The van der Waals surface area contributed by atoms with E-state index in [4.69, 9.17) is 9.47 Å². The molecule has 0 aliphatic heterocycles. The minimum absolute atomic E-state index is 0.178. The second-order valence-electron chi connectivity index (χ2n) is 6.03. The Morgan fingerprint density at radius 3 is 2.56 bits per heavy atom. The van der Waals surface area contributed by atoms with Crippen LogP contribution in [0.4, 0.5) is 0 Å². The molecule has 1 fully saturated rings. The average molecular weight is 362 g/mol. The maximum Gasteiger partial charge on any atom is 0.240 e. The van der Waals surface area contributed by atoms with E-state index in [0.29, 0.717) is 11.6 Å². The van der Waals surface area contributed by atoms with Crippen LogP contribution in [0, 0.1) is 0 Å². The standard InChI is InChI=1S/C18H22N2O4S/c1-23-15-6-8-17(9-7-15)25(21,22)20-13-14-10-11-19-18(12-14)24-16-4-2-3-5-16/h6-12,16,20H,2-5,13H2,1H3. The van der Waals surface area contributed by atoms with Crippen LogP contribution in [0.1, 0.15) is 31.2 Å². The van der Waals surface area contributed by atoms with Crippen LogP contribution in [0.25, 0.3) is 0 Å². The zero-order valence-electron chi connectivity index (χ0n) is 14.1. The van der Waals surface area contributed by atoms with E-state index in [1.54, 1.807) is 30.5 Å². The average Bonchev–Trinajstić information content (AvgIpc) is 3.13. The first kappa shape index (κ1) is 17.7. The van der Waals surface area contributed by atoms with E-state index < -0.39 is 10.0 Å². The maximum atomic E-state index is 12.4. The Hall–Kier alpha value is -2.12. The molecule has 25 heavy (non-hydrogen) atoms. The third-order valence-corrected chi connectivity index (χ3v) is 5.64. The Balaban J connectivity index is 1.63. The highest BCUT2D eigenvalue weighted by Crippen LogP contribution is 2.23. The number of methoxy groups -OCH3 is 1. The third-order valence-electron chi connectivity index (χ3n) is 4.22. The molecule has 0 radical (unpaired) electrons. The largest absolute Gasteiger partial charge is 0.497 e. The molecular formula is C18H22N2O4S. The molecule has 0 unspecified atom stereocenters. The first-order valence-corrected chi connectivity index (χ1v) is 9.80. The molecule has 0 bridgehead atoms. The quantitative estimate of drug-likeness (QED) is 0.819. The molecule has 1 aliphatic carbocycles. The lowest BCUT2D eigenvalue weighted by Crippen LogP contribution is -2.23. The van der Waals surface area contributed by atoms with Gasteiger partial charge in [-0.25, -0.2) is 18.1 Å². The number of nitrogens with one attached hydrogen (secondary N) is 1. The van der Waals surface area contributed by atoms with E-state index in [1.165, 1.54) is 32.1 Å². The molecule has 0 spiro atoms. The Kier molecular flexibility index (Phi) is 5.55. The summed E-state index contributed by atoms with van der Waals surface area (Å²) in [6, 6.07) is 9.83. The summed E-state index contributed by atoms with van der Waals surface area (Å²) >= 11 is 0. The predicted molar refractivity (Wildman–Crippen MR) is 94.1 cm³/mol. The van der Waals surface area contributed by atoms with E-state index >= 15 is 0 Å². The number of sulfonamides is 1. The van der Waals surface area contributed by atoms with Gasteiger partial charge in [-0.15, -0.1) is 0 Å². The summed E-state index contributed by atoms with van der Waals surface area (Å²) in [5.41, 5.74) is 0.806. The van der Waals surface area contributed by atoms with Crippen LogP contribution in [-0.4, -0.2) is 26.6 Å². The molecule has 1 aromatic heterocycles. The molecule has 0 saturated heterocycles. The van der Waals surface area contributed by atoms with Crippen molar-refractivity contribution in [3.05, 3.63) is 48.2 Å². The van der Waals surface area contributed by atoms with Gasteiger partial charge in [0.1, 0.15) is 11.9 Å². The number of aromatic nitrogens is 1. The highest BCUT2D eigenvalue weighted by molar-refractivity contribution is 7.89. The summed E-state index contributed by atoms with van der Waals surface area (Å²) < 4.78 is 38.2. The maximum absolute atomic E-state index is 12.4. The lowest BCUT2D eigenvalue weighted by molar-refractivity contribution is 0.201. The number of hydrogen-bond donors (Lipinski definition) is 1. The third kappa shape index (κ3) is 4.70. The van der Waals surface area contributed by atoms with Gasteiger partial charge in [0.15, 0.2) is 0 Å². The van der Waals surface area contributed by atoms with Crippen molar-refractivity contribution >= 4 is 10.0 Å². The van der Waals surface area contributed by atoms with Crippen molar-refractivity contribution in [1.29, 1.82) is 0 Å². The van der Waals surface area contributed by atoms with E-state index in [1.807, 2.05) is 0 Å². The molecule has 1 saturated carbocycles. The molecule has 0 atom stereocenters. The smallest absolute Gasteiger partial charge is 0.240 e. The normalized spacial score (nSPS) is 15.2. The van der Waals surface area contributed by atoms with Crippen LogP contribution in [0.5, 0.6) is 11.6 Å². The monoisotopic (exact) mass is 362 g/mol. The summed E-state index contributed by atoms with van der Waals surface area (Å²) in [4.78, 5) is 4.41. The van der Waals surface area contributed by atoms with Gasteiger partial charge in [0.05, 0.1) is 12.0 Å². The van der Waals surface area contributed by atoms with Crippen LogP contribution >= 0.6 is 0 Å². The number of ether oxygens (including phenoxy) is 2. The first-order valence-electron chi connectivity index (χ1n) is 8.32. The van der Waals surface area contributed by atoms with Gasteiger partial charge in [0.25, 0.3) is 0 Å². The van der Waals surface area contributed by atoms with Gasteiger partial charge in [-0.3, -0.25) is 0 Å². The highest BCUT2D eigenvalue weighted by atomic mass is 32.2. The van der Waals surface area contributed by atoms with Crippen molar-refractivity contribution in [2.24, 2.45) is 0 Å². The summed E-state index contributed by atoms with van der Waals surface area (Å²) in [5.74, 6) is 1.16. The first-order chi connectivity index (χ1) is 12.1. The van der Waals surface area contributed by atoms with Gasteiger partial charge in [0, 0.05) is 18.8 Å². The van der Waals surface area contributed by atoms with Crippen LogP contribution in [0.3, 0.4) is 0 Å². The van der Waals surface area contributed by atoms with Crippen molar-refractivity contribution < 1.29 is 17.9 Å². The summed E-state index contributed by atoms with van der Waals surface area (Å²) in [7, 11) is -2.05. The van der Waals surface area contributed by atoms with Gasteiger partial charge in [-0.2, -0.15) is 0 Å². The molecule has 1 aromatic carbocycles. The molecule has 134 valence electrons. The molecule has 0 amide bonds. The Morgan fingerprint density at radius 1 is 1.16 bits per heavy atom. The lowest BCUT2D eigenvalue weighted by atomic mass is 10.2. The molecule has 1 aliphatic rings. The summed E-state index contributed by atoms with van der Waals surface area (Å²) in [5, 5.41) is 0. The van der Waals surface area contributed by atoms with E-state index in [2.05, 4.69) is 9.71 Å². The topological polar surface area (TPSA) is 77.5 Å². The van der Waals surface area contributed by atoms with Gasteiger partial charge in [-0.05, 0) is 61.6 Å². The Bertz CT molecular complexity index is 800. The van der Waals surface area contributed by atoms with Crippen molar-refractivity contribution in [2.75, 3.05) is 7.11 Å². The minimum atomic E-state index is -3.59. The number of benzene rings is 1. The van der Waals surface area contributed by atoms with Crippen LogP contribution in [0.15, 0.2) is 47.5 Å². The second kappa shape index (κ2) is 7.84. The van der Waals surface area contributed by atoms with Gasteiger partial charge in [-0.1, -0.05) is 0 Å². The Labute approximate surface area is 148 Å². The van der Waals surface area contributed by atoms with Crippen LogP contribution < -0.4 is 14.2 Å². The van der Waals surface area contributed by atoms with Gasteiger partial charge < -0.3 is 9.47 Å². The summed E-state index contributed by atoms with van der Waals surface area (Å²) in [6.45, 7) is 0.178. The fourth-order valence-electron chi connectivity index (χ4n) is 2.82.